The number of nitrogens with two attached hydrogens (primary N) is 1. The number of rotatable bonds is 2. The van der Waals surface area contributed by atoms with Crippen molar-refractivity contribution >= 4 is 15.9 Å². The highest BCUT2D eigenvalue weighted by Gasteiger charge is 2.35. The van der Waals surface area contributed by atoms with E-state index in [1.165, 1.54) is 6.07 Å². The van der Waals surface area contributed by atoms with Crippen LogP contribution < -0.4 is 5.73 Å². The Labute approximate surface area is 99.4 Å². The summed E-state index contributed by atoms with van der Waals surface area (Å²) in [5, 5.41) is 9.26. The van der Waals surface area contributed by atoms with Crippen LogP contribution in [-0.4, -0.2) is 11.7 Å². The van der Waals surface area contributed by atoms with Crippen LogP contribution in [0, 0.1) is 0 Å². The second-order valence-corrected chi connectivity index (χ2v) is 4.38. The van der Waals surface area contributed by atoms with Gasteiger partial charge in [0.2, 0.25) is 0 Å². The van der Waals surface area contributed by atoms with Gasteiger partial charge < -0.3 is 10.8 Å². The summed E-state index contributed by atoms with van der Waals surface area (Å²) >= 11 is 2.99. The highest BCUT2D eigenvalue weighted by Crippen LogP contribution is 2.39. The maximum atomic E-state index is 12.7. The van der Waals surface area contributed by atoms with Crippen LogP contribution in [0.25, 0.3) is 0 Å². The number of hydrogen-bond donors (Lipinski definition) is 2. The van der Waals surface area contributed by atoms with E-state index in [1.54, 1.807) is 6.92 Å². The number of hydrogen-bond acceptors (Lipinski definition) is 2. The maximum Gasteiger partial charge on any atom is 0.416 e. The van der Waals surface area contributed by atoms with Gasteiger partial charge in [-0.25, -0.2) is 0 Å². The van der Waals surface area contributed by atoms with Gasteiger partial charge in [0.05, 0.1) is 10.0 Å². The fourth-order valence-corrected chi connectivity index (χ4v) is 1.72. The number of phenolic OH excluding ortho intramolecular Hbond substituents is 1. The fraction of sp³-hybridized carbons (Fsp3) is 0.400. The molecule has 1 aromatic carbocycles. The Bertz CT molecular complexity index is 392. The normalized spacial score (nSPS) is 13.9. The van der Waals surface area contributed by atoms with E-state index in [4.69, 9.17) is 5.73 Å². The molecule has 2 nitrogen and oxygen atoms in total. The SMILES string of the molecule is CC(CN)c1cc(Br)c(O)cc1C(F)(F)F. The van der Waals surface area contributed by atoms with E-state index in [0.717, 1.165) is 0 Å². The van der Waals surface area contributed by atoms with Crippen LogP contribution in [0.1, 0.15) is 24.0 Å². The van der Waals surface area contributed by atoms with Crippen molar-refractivity contribution in [2.45, 2.75) is 19.0 Å². The summed E-state index contributed by atoms with van der Waals surface area (Å²) in [5.74, 6) is -0.853. The lowest BCUT2D eigenvalue weighted by Gasteiger charge is -2.18. The summed E-state index contributed by atoms with van der Waals surface area (Å²) in [7, 11) is 0. The fourth-order valence-electron chi connectivity index (χ4n) is 1.36. The van der Waals surface area contributed by atoms with Crippen molar-refractivity contribution in [3.8, 4) is 5.75 Å². The van der Waals surface area contributed by atoms with Gasteiger partial charge in [0.1, 0.15) is 5.75 Å². The standard InChI is InChI=1S/C10H11BrF3NO/c1-5(4-15)6-2-8(11)9(16)3-7(6)10(12,13)14/h2-3,5,16H,4,15H2,1H3. The predicted octanol–water partition coefficient (Wildman–Crippen LogP) is 3.24. The predicted molar refractivity (Wildman–Crippen MR) is 58.3 cm³/mol. The Morgan fingerprint density at radius 1 is 1.44 bits per heavy atom. The molecule has 0 aliphatic rings. The van der Waals surface area contributed by atoms with Gasteiger partial charge in [0.25, 0.3) is 0 Å². The third kappa shape index (κ3) is 2.68. The van der Waals surface area contributed by atoms with Gasteiger partial charge in [-0.05, 0) is 46.1 Å². The molecule has 0 amide bonds. The molecule has 16 heavy (non-hydrogen) atoms. The minimum atomic E-state index is -4.49. The van der Waals surface area contributed by atoms with Crippen molar-refractivity contribution in [1.29, 1.82) is 0 Å². The van der Waals surface area contributed by atoms with Crippen LogP contribution >= 0.6 is 15.9 Å². The molecule has 0 spiro atoms. The Balaban J connectivity index is 3.39. The molecule has 0 aliphatic carbocycles. The molecular formula is C10H11BrF3NO. The Morgan fingerprint density at radius 2 is 2.00 bits per heavy atom. The molecule has 1 aromatic rings. The summed E-state index contributed by atoms with van der Waals surface area (Å²) in [5.41, 5.74) is 4.60. The van der Waals surface area contributed by atoms with Gasteiger partial charge >= 0.3 is 6.18 Å². The van der Waals surface area contributed by atoms with E-state index < -0.39 is 23.4 Å². The lowest BCUT2D eigenvalue weighted by atomic mass is 9.95. The van der Waals surface area contributed by atoms with Crippen molar-refractivity contribution in [1.82, 2.24) is 0 Å². The van der Waals surface area contributed by atoms with Gasteiger partial charge in [-0.3, -0.25) is 0 Å². The molecule has 1 atom stereocenters. The van der Waals surface area contributed by atoms with Gasteiger partial charge in [0.15, 0.2) is 0 Å². The smallest absolute Gasteiger partial charge is 0.416 e. The number of halogens is 4. The number of benzene rings is 1. The number of aromatic hydroxyl groups is 1. The quantitative estimate of drug-likeness (QED) is 0.880. The molecule has 0 aromatic heterocycles. The van der Waals surface area contributed by atoms with E-state index in [-0.39, 0.29) is 16.6 Å². The van der Waals surface area contributed by atoms with Gasteiger partial charge in [0, 0.05) is 0 Å². The van der Waals surface area contributed by atoms with Crippen LogP contribution in [-0.2, 0) is 6.18 Å². The van der Waals surface area contributed by atoms with Crippen LogP contribution in [0.2, 0.25) is 0 Å². The zero-order valence-electron chi connectivity index (χ0n) is 8.48. The van der Waals surface area contributed by atoms with E-state index in [2.05, 4.69) is 15.9 Å². The molecule has 6 heteroatoms. The molecule has 0 bridgehead atoms. The topological polar surface area (TPSA) is 46.2 Å². The second kappa shape index (κ2) is 4.63. The monoisotopic (exact) mass is 297 g/mol. The zero-order chi connectivity index (χ0) is 12.5. The minimum absolute atomic E-state index is 0.0830. The number of phenols is 1. The molecule has 1 unspecified atom stereocenters. The van der Waals surface area contributed by atoms with Crippen molar-refractivity contribution in [2.75, 3.05) is 6.54 Å². The lowest BCUT2D eigenvalue weighted by molar-refractivity contribution is -0.138. The molecule has 0 fully saturated rings. The van der Waals surface area contributed by atoms with Crippen LogP contribution in [0.4, 0.5) is 13.2 Å². The van der Waals surface area contributed by atoms with Gasteiger partial charge in [-0.15, -0.1) is 0 Å². The van der Waals surface area contributed by atoms with E-state index in [1.807, 2.05) is 0 Å². The zero-order valence-corrected chi connectivity index (χ0v) is 10.1. The van der Waals surface area contributed by atoms with Crippen molar-refractivity contribution < 1.29 is 18.3 Å². The molecule has 3 N–H and O–H groups in total. The lowest BCUT2D eigenvalue weighted by Crippen LogP contribution is -2.16. The van der Waals surface area contributed by atoms with Crippen molar-refractivity contribution in [2.24, 2.45) is 5.73 Å². The van der Waals surface area contributed by atoms with E-state index in [0.29, 0.717) is 6.07 Å². The number of alkyl halides is 3. The molecule has 0 heterocycles. The summed E-state index contributed by atoms with van der Waals surface area (Å²) in [4.78, 5) is 0. The first kappa shape index (κ1) is 13.3. The highest BCUT2D eigenvalue weighted by atomic mass is 79.9. The van der Waals surface area contributed by atoms with Gasteiger partial charge in [-0.2, -0.15) is 13.2 Å². The van der Waals surface area contributed by atoms with E-state index in [9.17, 15) is 18.3 Å². The average molecular weight is 298 g/mol. The first-order valence-corrected chi connectivity index (χ1v) is 5.36. The summed E-state index contributed by atoms with van der Waals surface area (Å²) in [6.45, 7) is 1.72. The Kier molecular flexibility index (Phi) is 3.85. The van der Waals surface area contributed by atoms with Crippen molar-refractivity contribution in [3.63, 3.8) is 0 Å². The second-order valence-electron chi connectivity index (χ2n) is 3.53. The first-order valence-electron chi connectivity index (χ1n) is 4.57. The van der Waals surface area contributed by atoms with Crippen LogP contribution in [0.15, 0.2) is 16.6 Å². The summed E-state index contributed by atoms with van der Waals surface area (Å²) < 4.78 is 38.3. The largest absolute Gasteiger partial charge is 0.507 e. The van der Waals surface area contributed by atoms with Crippen LogP contribution in [0.3, 0.4) is 0 Å². The molecular weight excluding hydrogens is 287 g/mol. The summed E-state index contributed by atoms with van der Waals surface area (Å²) in [6.07, 6.45) is -4.49. The molecule has 0 radical (unpaired) electrons. The van der Waals surface area contributed by atoms with Crippen LogP contribution in [0.5, 0.6) is 5.75 Å². The first-order chi connectivity index (χ1) is 7.27. The van der Waals surface area contributed by atoms with Gasteiger partial charge in [-0.1, -0.05) is 6.92 Å². The third-order valence-electron chi connectivity index (χ3n) is 2.31. The molecule has 0 aliphatic heterocycles. The third-order valence-corrected chi connectivity index (χ3v) is 2.94. The molecule has 0 saturated heterocycles. The van der Waals surface area contributed by atoms with Crippen molar-refractivity contribution in [3.05, 3.63) is 27.7 Å². The molecule has 0 saturated carbocycles. The van der Waals surface area contributed by atoms with E-state index >= 15 is 0 Å². The average Bonchev–Trinajstić information content (AvgIpc) is 2.18. The summed E-state index contributed by atoms with van der Waals surface area (Å²) in [6, 6.07) is 1.97. The molecule has 1 rings (SSSR count). The molecule has 90 valence electrons. The Morgan fingerprint density at radius 3 is 2.44 bits per heavy atom. The Hall–Kier alpha value is -0.750. The minimum Gasteiger partial charge on any atom is -0.507 e. The highest BCUT2D eigenvalue weighted by molar-refractivity contribution is 9.10. The maximum absolute atomic E-state index is 12.7.